The molecule has 0 fully saturated rings. The van der Waals surface area contributed by atoms with Gasteiger partial charge < -0.3 is 5.32 Å². The number of nitrogens with one attached hydrogen (secondary N) is 2. The molecule has 0 spiro atoms. The van der Waals surface area contributed by atoms with Gasteiger partial charge in [0.25, 0.3) is 0 Å². The molecule has 1 heterocycles. The third-order valence-electron chi connectivity index (χ3n) is 1.17. The summed E-state index contributed by atoms with van der Waals surface area (Å²) in [5.41, 5.74) is 3.28. The van der Waals surface area contributed by atoms with E-state index in [1.165, 1.54) is 6.21 Å². The first-order valence-electron chi connectivity index (χ1n) is 3.59. The van der Waals surface area contributed by atoms with E-state index in [9.17, 15) is 0 Å². The molecule has 5 nitrogen and oxygen atoms in total. The fourth-order valence-corrected chi connectivity index (χ4v) is 0.643. The van der Waals surface area contributed by atoms with Gasteiger partial charge in [0, 0.05) is 19.4 Å². The van der Waals surface area contributed by atoms with Gasteiger partial charge in [-0.05, 0) is 12.2 Å². The smallest absolute Gasteiger partial charge is 0.364 e. The third kappa shape index (κ3) is 4.86. The Kier molecular flexibility index (Phi) is 6.82. The molecule has 0 saturated carbocycles. The van der Waals surface area contributed by atoms with Crippen molar-refractivity contribution in [3.05, 3.63) is 24.3 Å². The predicted molar refractivity (Wildman–Crippen MR) is 54.4 cm³/mol. The van der Waals surface area contributed by atoms with Crippen molar-refractivity contribution >= 4 is 23.5 Å². The van der Waals surface area contributed by atoms with Crippen LogP contribution in [0, 0.1) is 0 Å². The summed E-state index contributed by atoms with van der Waals surface area (Å²) in [5, 5.41) is 7.01. The number of nitrogens with zero attached hydrogens (tertiary/aromatic N) is 3. The maximum absolute atomic E-state index is 4.80. The number of hydrogen-bond donors (Lipinski definition) is 2. The van der Waals surface area contributed by atoms with E-state index in [0.29, 0.717) is 10.8 Å². The second kappa shape index (κ2) is 7.37. The van der Waals surface area contributed by atoms with Crippen molar-refractivity contribution in [2.75, 3.05) is 7.05 Å². The molecule has 7 heteroatoms. The largest absolute Gasteiger partial charge is 2.00 e. The zero-order chi connectivity index (χ0) is 9.52. The van der Waals surface area contributed by atoms with Gasteiger partial charge in [0.05, 0.1) is 12.4 Å². The zero-order valence-corrected chi connectivity index (χ0v) is 9.12. The van der Waals surface area contributed by atoms with Crippen molar-refractivity contribution in [2.24, 2.45) is 5.10 Å². The van der Waals surface area contributed by atoms with Crippen LogP contribution in [0.3, 0.4) is 0 Å². The Hall–Kier alpha value is -1.04. The molecule has 2 N–H and O–H groups in total. The van der Waals surface area contributed by atoms with Crippen LogP contribution in [0.4, 0.5) is 0 Å². The molecule has 1 aromatic heterocycles. The minimum Gasteiger partial charge on any atom is -0.364 e. The molecule has 0 unspecified atom stereocenters. The Bertz CT molecular complexity index is 302. The molecule has 0 aromatic carbocycles. The average Bonchev–Trinajstić information content (AvgIpc) is 2.19. The molecule has 1 rings (SSSR count). The zero-order valence-electron chi connectivity index (χ0n) is 7.36. The first kappa shape index (κ1) is 13.0. The average molecular weight is 259 g/mol. The SMILES string of the molecule is CNC(=S)NN=Cc1cnccn1.[Cu+2]. The summed E-state index contributed by atoms with van der Waals surface area (Å²) in [6, 6.07) is 0. The quantitative estimate of drug-likeness (QED) is 0.336. The Morgan fingerprint density at radius 3 is 2.93 bits per heavy atom. The van der Waals surface area contributed by atoms with Gasteiger partial charge in [0.1, 0.15) is 5.69 Å². The molecule has 0 aliphatic rings. The third-order valence-corrected chi connectivity index (χ3v) is 1.47. The van der Waals surface area contributed by atoms with E-state index in [1.807, 2.05) is 0 Å². The fraction of sp³-hybridized carbons (Fsp3) is 0.143. The summed E-state index contributed by atoms with van der Waals surface area (Å²) in [6.07, 6.45) is 6.34. The van der Waals surface area contributed by atoms with Crippen molar-refractivity contribution in [1.29, 1.82) is 0 Å². The maximum atomic E-state index is 4.80. The van der Waals surface area contributed by atoms with Crippen LogP contribution in [-0.4, -0.2) is 28.3 Å². The van der Waals surface area contributed by atoms with Gasteiger partial charge in [-0.2, -0.15) is 5.10 Å². The number of thiocarbonyl (C=S) groups is 1. The molecule has 0 amide bonds. The van der Waals surface area contributed by atoms with Crippen LogP contribution in [0.25, 0.3) is 0 Å². The van der Waals surface area contributed by atoms with E-state index >= 15 is 0 Å². The molecule has 1 aromatic rings. The van der Waals surface area contributed by atoms with Crippen LogP contribution in [0.2, 0.25) is 0 Å². The first-order valence-corrected chi connectivity index (χ1v) is 4.00. The first-order chi connectivity index (χ1) is 6.33. The molecule has 0 bridgehead atoms. The summed E-state index contributed by atoms with van der Waals surface area (Å²) in [6.45, 7) is 0. The van der Waals surface area contributed by atoms with E-state index < -0.39 is 0 Å². The topological polar surface area (TPSA) is 62.2 Å². The second-order valence-corrected chi connectivity index (χ2v) is 2.49. The van der Waals surface area contributed by atoms with Crippen molar-refractivity contribution in [2.45, 2.75) is 0 Å². The van der Waals surface area contributed by atoms with Crippen LogP contribution in [0.1, 0.15) is 5.69 Å². The molecular formula is C7H9CuN5S+2. The summed E-state index contributed by atoms with van der Waals surface area (Å²) in [4.78, 5) is 7.86. The van der Waals surface area contributed by atoms with Crippen LogP contribution in [0.15, 0.2) is 23.7 Å². The van der Waals surface area contributed by atoms with Crippen LogP contribution >= 0.6 is 12.2 Å². The predicted octanol–water partition coefficient (Wildman–Crippen LogP) is -0.0981. The van der Waals surface area contributed by atoms with E-state index in [2.05, 4.69) is 25.8 Å². The maximum Gasteiger partial charge on any atom is 2.00 e. The van der Waals surface area contributed by atoms with Crippen LogP contribution in [-0.2, 0) is 17.1 Å². The van der Waals surface area contributed by atoms with Gasteiger partial charge in [-0.3, -0.25) is 15.4 Å². The Labute approximate surface area is 97.9 Å². The standard InChI is InChI=1S/C7H9N5S.Cu/c1-8-7(13)12-11-5-6-4-9-2-3-10-6;/h2-5H,1H3,(H2,8,12,13);/q;+2. The Morgan fingerprint density at radius 2 is 2.36 bits per heavy atom. The summed E-state index contributed by atoms with van der Waals surface area (Å²) in [7, 11) is 1.72. The van der Waals surface area contributed by atoms with E-state index in [0.717, 1.165) is 0 Å². The molecular weight excluding hydrogens is 250 g/mol. The normalized spacial score (nSPS) is 9.21. The van der Waals surface area contributed by atoms with E-state index in [1.54, 1.807) is 25.6 Å². The Balaban J connectivity index is 0.00000169. The van der Waals surface area contributed by atoms with E-state index in [-0.39, 0.29) is 17.1 Å². The van der Waals surface area contributed by atoms with Crippen molar-refractivity contribution in [3.8, 4) is 0 Å². The van der Waals surface area contributed by atoms with E-state index in [4.69, 9.17) is 12.2 Å². The van der Waals surface area contributed by atoms with Gasteiger partial charge in [-0.25, -0.2) is 0 Å². The molecule has 0 aliphatic heterocycles. The molecule has 0 aliphatic carbocycles. The summed E-state index contributed by atoms with van der Waals surface area (Å²) in [5.74, 6) is 0. The summed E-state index contributed by atoms with van der Waals surface area (Å²) >= 11 is 4.80. The molecule has 1 radical (unpaired) electrons. The molecule has 0 saturated heterocycles. The van der Waals surface area contributed by atoms with Gasteiger partial charge in [0.2, 0.25) is 0 Å². The Morgan fingerprint density at radius 1 is 1.57 bits per heavy atom. The fourth-order valence-electron chi connectivity index (χ4n) is 0.590. The van der Waals surface area contributed by atoms with Crippen molar-refractivity contribution < 1.29 is 17.1 Å². The summed E-state index contributed by atoms with van der Waals surface area (Å²) < 4.78 is 0. The van der Waals surface area contributed by atoms with Crippen LogP contribution < -0.4 is 10.7 Å². The van der Waals surface area contributed by atoms with Crippen LogP contribution in [0.5, 0.6) is 0 Å². The monoisotopic (exact) mass is 258 g/mol. The van der Waals surface area contributed by atoms with Crippen molar-refractivity contribution in [3.63, 3.8) is 0 Å². The molecule has 0 atom stereocenters. The van der Waals surface area contributed by atoms with Gasteiger partial charge in [0.15, 0.2) is 5.11 Å². The van der Waals surface area contributed by atoms with Crippen molar-refractivity contribution in [1.82, 2.24) is 20.7 Å². The molecule has 14 heavy (non-hydrogen) atoms. The number of hydrazone groups is 1. The minimum absolute atomic E-state index is 0. The minimum atomic E-state index is 0. The number of aromatic nitrogens is 2. The van der Waals surface area contributed by atoms with Gasteiger partial charge in [-0.15, -0.1) is 0 Å². The molecule has 77 valence electrons. The van der Waals surface area contributed by atoms with Gasteiger partial charge >= 0.3 is 17.1 Å². The number of hydrogen-bond acceptors (Lipinski definition) is 4. The van der Waals surface area contributed by atoms with Gasteiger partial charge in [-0.1, -0.05) is 0 Å². The number of rotatable bonds is 2. The second-order valence-electron chi connectivity index (χ2n) is 2.08.